The van der Waals surface area contributed by atoms with Crippen molar-refractivity contribution in [1.82, 2.24) is 20.6 Å². The monoisotopic (exact) mass is 489 g/mol. The van der Waals surface area contributed by atoms with Crippen LogP contribution in [-0.4, -0.2) is 20.6 Å². The largest absolute Gasteiger partial charge is 0.422 e. The van der Waals surface area contributed by atoms with Crippen LogP contribution in [0.2, 0.25) is 0 Å². The molecule has 2 N–H and O–H groups in total. The number of aromatic nitrogens is 2. The van der Waals surface area contributed by atoms with Crippen LogP contribution in [0.15, 0.2) is 117 Å². The topological polar surface area (TPSA) is 84.5 Å². The van der Waals surface area contributed by atoms with Crippen molar-refractivity contribution in [2.45, 2.75) is 0 Å². The van der Waals surface area contributed by atoms with Crippen LogP contribution in [0.4, 0.5) is 0 Å². The summed E-state index contributed by atoms with van der Waals surface area (Å²) in [6.07, 6.45) is 3.72. The molecule has 0 saturated carbocycles. The van der Waals surface area contributed by atoms with Gasteiger partial charge in [-0.05, 0) is 42.6 Å². The number of aliphatic imine (C=N–C) groups is 1. The molecular weight excluding hydrogens is 470 g/mol. The molecule has 0 aliphatic carbocycles. The number of nitrogens with zero attached hydrogens (tertiary/aromatic N) is 3. The highest BCUT2D eigenvalue weighted by Crippen LogP contribution is 2.29. The van der Waals surface area contributed by atoms with Gasteiger partial charge in [-0.25, -0.2) is 14.5 Å². The molecule has 36 heavy (non-hydrogen) atoms. The maximum atomic E-state index is 12.9. The van der Waals surface area contributed by atoms with Crippen molar-refractivity contribution in [2.24, 2.45) is 4.99 Å². The Labute approximate surface area is 211 Å². The molecule has 8 heteroatoms. The van der Waals surface area contributed by atoms with Crippen molar-refractivity contribution in [3.8, 4) is 16.9 Å². The van der Waals surface area contributed by atoms with Crippen molar-refractivity contribution in [1.29, 1.82) is 0 Å². The molecule has 0 bridgehead atoms. The molecule has 0 amide bonds. The Hall–Kier alpha value is -4.82. The fourth-order valence-corrected chi connectivity index (χ4v) is 4.23. The number of thiocarbonyl (C=S) groups is 1. The SMILES string of the molecule is O=c1oc2ccccc2cc1C1=NC(=S)NNC(c2cn(-c3ccccc3)nc2-c2ccccc2)=C1. The predicted molar refractivity (Wildman–Crippen MR) is 145 cm³/mol. The number of allylic oxidation sites excluding steroid dienone is 1. The van der Waals surface area contributed by atoms with Gasteiger partial charge in [-0.1, -0.05) is 66.7 Å². The molecule has 0 unspecified atom stereocenters. The van der Waals surface area contributed by atoms with Gasteiger partial charge in [-0.3, -0.25) is 10.9 Å². The highest BCUT2D eigenvalue weighted by Gasteiger charge is 2.21. The standard InChI is InChI=1S/C28H19N5O2S/c34-27-21(15-19-11-7-8-14-25(19)35-27)23-16-24(30-31-28(36)29-23)22-17-33(20-12-5-2-6-13-20)32-26(22)18-9-3-1-4-10-18/h1-17,30H,(H,31,36). The summed E-state index contributed by atoms with van der Waals surface area (Å²) in [5, 5.41) is 5.88. The number of hydrogen-bond acceptors (Lipinski definition) is 5. The second-order valence-electron chi connectivity index (χ2n) is 8.13. The van der Waals surface area contributed by atoms with Gasteiger partial charge in [0, 0.05) is 22.7 Å². The quantitative estimate of drug-likeness (QED) is 0.277. The highest BCUT2D eigenvalue weighted by molar-refractivity contribution is 7.80. The van der Waals surface area contributed by atoms with Gasteiger partial charge < -0.3 is 4.42 Å². The number of para-hydroxylation sites is 2. The molecule has 2 aromatic heterocycles. The van der Waals surface area contributed by atoms with Crippen LogP contribution in [0.25, 0.3) is 33.6 Å². The summed E-state index contributed by atoms with van der Waals surface area (Å²) in [5.74, 6) is 0. The van der Waals surface area contributed by atoms with Crippen LogP contribution < -0.4 is 16.5 Å². The third kappa shape index (κ3) is 4.10. The molecule has 7 nitrogen and oxygen atoms in total. The molecule has 0 saturated heterocycles. The zero-order chi connectivity index (χ0) is 24.5. The van der Waals surface area contributed by atoms with E-state index in [-0.39, 0.29) is 5.11 Å². The Kier molecular flexibility index (Phi) is 5.48. The Morgan fingerprint density at radius 1 is 0.833 bits per heavy atom. The van der Waals surface area contributed by atoms with Gasteiger partial charge in [0.25, 0.3) is 0 Å². The number of hydrogen-bond donors (Lipinski definition) is 2. The average Bonchev–Trinajstić information content (AvgIpc) is 3.27. The predicted octanol–water partition coefficient (Wildman–Crippen LogP) is 4.87. The minimum absolute atomic E-state index is 0.195. The lowest BCUT2D eigenvalue weighted by Gasteiger charge is -2.10. The molecule has 0 spiro atoms. The molecule has 1 aliphatic heterocycles. The zero-order valence-corrected chi connectivity index (χ0v) is 19.7. The van der Waals surface area contributed by atoms with Crippen LogP contribution in [0.5, 0.6) is 0 Å². The molecule has 3 heterocycles. The molecule has 0 fully saturated rings. The summed E-state index contributed by atoms with van der Waals surface area (Å²) in [5.41, 5.74) is 10.9. The third-order valence-electron chi connectivity index (χ3n) is 5.80. The number of hydrazine groups is 1. The lowest BCUT2D eigenvalue weighted by molar-refractivity contribution is 0.559. The average molecular weight is 490 g/mol. The molecule has 5 aromatic rings. The van der Waals surface area contributed by atoms with E-state index >= 15 is 0 Å². The lowest BCUT2D eigenvalue weighted by Crippen LogP contribution is -2.32. The van der Waals surface area contributed by atoms with Crippen LogP contribution in [0.3, 0.4) is 0 Å². The summed E-state index contributed by atoms with van der Waals surface area (Å²) in [4.78, 5) is 17.4. The van der Waals surface area contributed by atoms with Crippen molar-refractivity contribution in [2.75, 3.05) is 0 Å². The van der Waals surface area contributed by atoms with Crippen molar-refractivity contribution >= 4 is 39.7 Å². The number of rotatable bonds is 4. The van der Waals surface area contributed by atoms with Crippen LogP contribution >= 0.6 is 12.2 Å². The van der Waals surface area contributed by atoms with E-state index in [1.807, 2.05) is 89.7 Å². The first kappa shape index (κ1) is 21.7. The van der Waals surface area contributed by atoms with Crippen molar-refractivity contribution in [3.63, 3.8) is 0 Å². The van der Waals surface area contributed by atoms with Crippen LogP contribution in [0.1, 0.15) is 11.1 Å². The van der Waals surface area contributed by atoms with Crippen molar-refractivity contribution < 1.29 is 4.42 Å². The molecular formula is C28H19N5O2S. The second-order valence-corrected chi connectivity index (χ2v) is 8.52. The summed E-state index contributed by atoms with van der Waals surface area (Å²) in [6.45, 7) is 0. The summed E-state index contributed by atoms with van der Waals surface area (Å²) < 4.78 is 7.38. The zero-order valence-electron chi connectivity index (χ0n) is 18.9. The summed E-state index contributed by atoms with van der Waals surface area (Å²) >= 11 is 5.37. The van der Waals surface area contributed by atoms with E-state index in [2.05, 4.69) is 15.8 Å². The number of nitrogens with one attached hydrogen (secondary N) is 2. The van der Waals surface area contributed by atoms with Crippen molar-refractivity contribution in [3.05, 3.63) is 125 Å². The van der Waals surface area contributed by atoms with E-state index in [1.54, 1.807) is 18.2 Å². The number of benzene rings is 3. The Morgan fingerprint density at radius 2 is 1.56 bits per heavy atom. The molecule has 3 aromatic carbocycles. The maximum absolute atomic E-state index is 12.9. The van der Waals surface area contributed by atoms with E-state index < -0.39 is 5.63 Å². The molecule has 6 rings (SSSR count). The van der Waals surface area contributed by atoms with E-state index in [9.17, 15) is 4.79 Å². The first-order valence-corrected chi connectivity index (χ1v) is 11.7. The Morgan fingerprint density at radius 3 is 2.36 bits per heavy atom. The fraction of sp³-hybridized carbons (Fsp3) is 0. The Bertz CT molecular complexity index is 1720. The first-order chi connectivity index (χ1) is 17.7. The van der Waals surface area contributed by atoms with Gasteiger partial charge in [0.1, 0.15) is 11.3 Å². The minimum Gasteiger partial charge on any atom is -0.422 e. The first-order valence-electron chi connectivity index (χ1n) is 11.3. The van der Waals surface area contributed by atoms with Crippen LogP contribution in [-0.2, 0) is 0 Å². The smallest absolute Gasteiger partial charge is 0.345 e. The van der Waals surface area contributed by atoms with Gasteiger partial charge >= 0.3 is 5.63 Å². The van der Waals surface area contributed by atoms with Gasteiger partial charge in [-0.15, -0.1) is 0 Å². The third-order valence-corrected chi connectivity index (χ3v) is 5.99. The summed E-state index contributed by atoms with van der Waals surface area (Å²) in [6, 6.07) is 28.9. The molecule has 0 radical (unpaired) electrons. The van der Waals surface area contributed by atoms with Gasteiger partial charge in [0.05, 0.1) is 22.7 Å². The fourth-order valence-electron chi connectivity index (χ4n) is 4.08. The van der Waals surface area contributed by atoms with Crippen LogP contribution in [0, 0.1) is 0 Å². The van der Waals surface area contributed by atoms with Gasteiger partial charge in [0.2, 0.25) is 5.11 Å². The maximum Gasteiger partial charge on any atom is 0.345 e. The van der Waals surface area contributed by atoms with E-state index in [1.165, 1.54) is 0 Å². The normalized spacial score (nSPS) is 13.4. The van der Waals surface area contributed by atoms with E-state index in [0.29, 0.717) is 22.6 Å². The summed E-state index contributed by atoms with van der Waals surface area (Å²) in [7, 11) is 0. The highest BCUT2D eigenvalue weighted by atomic mass is 32.1. The lowest BCUT2D eigenvalue weighted by atomic mass is 10.0. The second kappa shape index (κ2) is 9.09. The molecule has 174 valence electrons. The van der Waals surface area contributed by atoms with E-state index in [0.717, 1.165) is 27.9 Å². The number of fused-ring (bicyclic) bond motifs is 1. The van der Waals surface area contributed by atoms with E-state index in [4.69, 9.17) is 21.7 Å². The Balaban J connectivity index is 1.53. The molecule has 1 aliphatic rings. The van der Waals surface area contributed by atoms with Gasteiger partial charge in [-0.2, -0.15) is 5.10 Å². The van der Waals surface area contributed by atoms with Gasteiger partial charge in [0.15, 0.2) is 0 Å². The molecule has 0 atom stereocenters. The minimum atomic E-state index is -0.490.